The molecule has 0 aliphatic rings. The van der Waals surface area contributed by atoms with Crippen LogP contribution in [0.5, 0.6) is 0 Å². The van der Waals surface area contributed by atoms with Gasteiger partial charge >= 0.3 is 0 Å². The third-order valence-electron chi connectivity index (χ3n) is 3.78. The number of nitrogens with one attached hydrogen (secondary N) is 1. The normalized spacial score (nSPS) is 11.0. The zero-order valence-electron chi connectivity index (χ0n) is 13.8. The predicted octanol–water partition coefficient (Wildman–Crippen LogP) is 4.50. The van der Waals surface area contributed by atoms with Crippen LogP contribution < -0.4 is 5.32 Å². The van der Waals surface area contributed by atoms with Gasteiger partial charge in [0.1, 0.15) is 0 Å². The highest BCUT2D eigenvalue weighted by Gasteiger charge is 2.15. The molecule has 0 aromatic heterocycles. The van der Waals surface area contributed by atoms with Crippen molar-refractivity contribution in [1.29, 1.82) is 0 Å². The quantitative estimate of drug-likeness (QED) is 0.846. The van der Waals surface area contributed by atoms with Crippen LogP contribution in [0.15, 0.2) is 48.5 Å². The summed E-state index contributed by atoms with van der Waals surface area (Å²) in [4.78, 5) is 14.5. The molecular formula is C19H23ClN2O. The van der Waals surface area contributed by atoms with E-state index in [9.17, 15) is 4.79 Å². The van der Waals surface area contributed by atoms with Crippen LogP contribution >= 0.6 is 11.6 Å². The molecule has 1 amide bonds. The molecule has 122 valence electrons. The van der Waals surface area contributed by atoms with Gasteiger partial charge in [0.05, 0.1) is 6.54 Å². The summed E-state index contributed by atoms with van der Waals surface area (Å²) in [6, 6.07) is 16.0. The molecule has 0 radical (unpaired) electrons. The molecule has 0 heterocycles. The number of halogens is 1. The number of anilines is 1. The van der Waals surface area contributed by atoms with Gasteiger partial charge < -0.3 is 5.32 Å². The van der Waals surface area contributed by atoms with Crippen molar-refractivity contribution < 1.29 is 4.79 Å². The van der Waals surface area contributed by atoms with E-state index in [4.69, 9.17) is 11.6 Å². The third kappa shape index (κ3) is 5.38. The van der Waals surface area contributed by atoms with Crippen LogP contribution in [0.3, 0.4) is 0 Å². The molecular weight excluding hydrogens is 308 g/mol. The lowest BCUT2D eigenvalue weighted by atomic mass is 10.2. The number of rotatable bonds is 6. The molecule has 23 heavy (non-hydrogen) atoms. The average molecular weight is 331 g/mol. The van der Waals surface area contributed by atoms with Crippen LogP contribution in [0.2, 0.25) is 5.02 Å². The molecule has 0 saturated carbocycles. The topological polar surface area (TPSA) is 32.3 Å². The smallest absolute Gasteiger partial charge is 0.238 e. The maximum absolute atomic E-state index is 12.4. The molecule has 2 aromatic rings. The van der Waals surface area contributed by atoms with Gasteiger partial charge in [-0.25, -0.2) is 0 Å². The molecule has 2 aromatic carbocycles. The third-order valence-corrected chi connectivity index (χ3v) is 4.01. The number of carbonyl (C=O) groups is 1. The van der Waals surface area contributed by atoms with E-state index in [1.807, 2.05) is 37.3 Å². The second-order valence-electron chi connectivity index (χ2n) is 5.99. The first-order chi connectivity index (χ1) is 11.0. The Bertz CT molecular complexity index is 656. The van der Waals surface area contributed by atoms with Crippen molar-refractivity contribution in [1.82, 2.24) is 4.90 Å². The van der Waals surface area contributed by atoms with E-state index < -0.39 is 0 Å². The van der Waals surface area contributed by atoms with Crippen molar-refractivity contribution in [2.45, 2.75) is 33.4 Å². The van der Waals surface area contributed by atoms with Crippen molar-refractivity contribution >= 4 is 23.2 Å². The molecule has 0 saturated heterocycles. The van der Waals surface area contributed by atoms with Gasteiger partial charge in [-0.1, -0.05) is 48.0 Å². The summed E-state index contributed by atoms with van der Waals surface area (Å²) >= 11 is 6.00. The molecule has 1 N–H and O–H groups in total. The fraction of sp³-hybridized carbons (Fsp3) is 0.316. The number of carbonyl (C=O) groups excluding carboxylic acids is 1. The lowest BCUT2D eigenvalue weighted by Crippen LogP contribution is -2.37. The first kappa shape index (κ1) is 17.5. The largest absolute Gasteiger partial charge is 0.325 e. The molecule has 0 fully saturated rings. The van der Waals surface area contributed by atoms with Gasteiger partial charge in [0, 0.05) is 23.3 Å². The Labute approximate surface area is 143 Å². The number of amides is 1. The van der Waals surface area contributed by atoms with E-state index in [1.54, 1.807) is 6.07 Å². The van der Waals surface area contributed by atoms with E-state index >= 15 is 0 Å². The zero-order valence-corrected chi connectivity index (χ0v) is 14.6. The Morgan fingerprint density at radius 3 is 2.52 bits per heavy atom. The lowest BCUT2D eigenvalue weighted by Gasteiger charge is -2.26. The number of hydrogen-bond acceptors (Lipinski definition) is 2. The van der Waals surface area contributed by atoms with Crippen molar-refractivity contribution in [2.24, 2.45) is 0 Å². The molecule has 2 rings (SSSR count). The Morgan fingerprint density at radius 2 is 1.87 bits per heavy atom. The van der Waals surface area contributed by atoms with Gasteiger partial charge in [-0.15, -0.1) is 0 Å². The summed E-state index contributed by atoms with van der Waals surface area (Å²) < 4.78 is 0. The zero-order chi connectivity index (χ0) is 16.8. The van der Waals surface area contributed by atoms with Crippen LogP contribution in [0.4, 0.5) is 5.69 Å². The van der Waals surface area contributed by atoms with Gasteiger partial charge in [-0.3, -0.25) is 9.69 Å². The molecule has 0 bridgehead atoms. The lowest BCUT2D eigenvalue weighted by molar-refractivity contribution is -0.117. The summed E-state index contributed by atoms with van der Waals surface area (Å²) in [7, 11) is 0. The molecule has 0 aliphatic carbocycles. The summed E-state index contributed by atoms with van der Waals surface area (Å²) in [5.74, 6) is -0.0278. The van der Waals surface area contributed by atoms with Crippen LogP contribution in [0.25, 0.3) is 0 Å². The van der Waals surface area contributed by atoms with E-state index in [-0.39, 0.29) is 11.9 Å². The number of aryl methyl sites for hydroxylation is 1. The number of nitrogens with zero attached hydrogens (tertiary/aromatic N) is 1. The average Bonchev–Trinajstić information content (AvgIpc) is 2.51. The van der Waals surface area contributed by atoms with Crippen LogP contribution in [0.1, 0.15) is 25.0 Å². The predicted molar refractivity (Wildman–Crippen MR) is 96.8 cm³/mol. The SMILES string of the molecule is Cc1ccc(Cl)cc1NC(=O)CN(Cc1ccccc1)C(C)C. The van der Waals surface area contributed by atoms with Crippen LogP contribution in [0, 0.1) is 6.92 Å². The first-order valence-corrected chi connectivity index (χ1v) is 8.17. The summed E-state index contributed by atoms with van der Waals surface area (Å²) in [6.07, 6.45) is 0. The Kier molecular flexibility index (Phi) is 6.20. The van der Waals surface area contributed by atoms with Crippen molar-refractivity contribution in [3.05, 3.63) is 64.7 Å². The van der Waals surface area contributed by atoms with Crippen LogP contribution in [-0.4, -0.2) is 23.4 Å². The van der Waals surface area contributed by atoms with Crippen molar-refractivity contribution in [3.8, 4) is 0 Å². The van der Waals surface area contributed by atoms with Gasteiger partial charge in [0.25, 0.3) is 0 Å². The standard InChI is InChI=1S/C19H23ClN2O/c1-14(2)22(12-16-7-5-4-6-8-16)13-19(23)21-18-11-17(20)10-9-15(18)3/h4-11,14H,12-13H2,1-3H3,(H,21,23). The van der Waals surface area contributed by atoms with Crippen molar-refractivity contribution in [2.75, 3.05) is 11.9 Å². The van der Waals surface area contributed by atoms with Gasteiger partial charge in [-0.2, -0.15) is 0 Å². The van der Waals surface area contributed by atoms with Gasteiger partial charge in [-0.05, 0) is 44.0 Å². The first-order valence-electron chi connectivity index (χ1n) is 7.79. The summed E-state index contributed by atoms with van der Waals surface area (Å²) in [6.45, 7) is 7.25. The van der Waals surface area contributed by atoms with E-state index in [1.165, 1.54) is 5.56 Å². The van der Waals surface area contributed by atoms with Crippen molar-refractivity contribution in [3.63, 3.8) is 0 Å². The Balaban J connectivity index is 2.02. The monoisotopic (exact) mass is 330 g/mol. The van der Waals surface area contributed by atoms with Gasteiger partial charge in [0.2, 0.25) is 5.91 Å². The molecule has 0 unspecified atom stereocenters. The number of hydrogen-bond donors (Lipinski definition) is 1. The molecule has 0 spiro atoms. The maximum atomic E-state index is 12.4. The highest BCUT2D eigenvalue weighted by atomic mass is 35.5. The Morgan fingerprint density at radius 1 is 1.17 bits per heavy atom. The summed E-state index contributed by atoms with van der Waals surface area (Å²) in [5.41, 5.74) is 2.97. The fourth-order valence-corrected chi connectivity index (χ4v) is 2.51. The number of benzene rings is 2. The van der Waals surface area contributed by atoms with Gasteiger partial charge in [0.15, 0.2) is 0 Å². The molecule has 0 aliphatic heterocycles. The fourth-order valence-electron chi connectivity index (χ4n) is 2.34. The minimum absolute atomic E-state index is 0.0278. The molecule has 0 atom stereocenters. The second-order valence-corrected chi connectivity index (χ2v) is 6.43. The highest BCUT2D eigenvalue weighted by molar-refractivity contribution is 6.31. The second kappa shape index (κ2) is 8.14. The van der Waals surface area contributed by atoms with E-state index in [0.717, 1.165) is 17.8 Å². The maximum Gasteiger partial charge on any atom is 0.238 e. The van der Waals surface area contributed by atoms with Crippen LogP contribution in [-0.2, 0) is 11.3 Å². The molecule has 4 heteroatoms. The highest BCUT2D eigenvalue weighted by Crippen LogP contribution is 2.20. The van der Waals surface area contributed by atoms with E-state index in [0.29, 0.717) is 11.6 Å². The Hall–Kier alpha value is -1.84. The minimum atomic E-state index is -0.0278. The molecule has 3 nitrogen and oxygen atoms in total. The summed E-state index contributed by atoms with van der Waals surface area (Å²) in [5, 5.41) is 3.58. The van der Waals surface area contributed by atoms with E-state index in [2.05, 4.69) is 36.2 Å². The minimum Gasteiger partial charge on any atom is -0.325 e.